The molecule has 0 aliphatic heterocycles. The number of carbonyl (C=O) groups excluding carboxylic acids is 1. The van der Waals surface area contributed by atoms with Crippen molar-refractivity contribution in [1.29, 1.82) is 0 Å². The first kappa shape index (κ1) is 22.0. The van der Waals surface area contributed by atoms with Crippen LogP contribution in [0.25, 0.3) is 11.3 Å². The molecule has 3 aromatic rings. The minimum absolute atomic E-state index is 0.223. The van der Waals surface area contributed by atoms with E-state index in [1.54, 1.807) is 12.4 Å². The number of anilines is 1. The summed E-state index contributed by atoms with van der Waals surface area (Å²) in [5.41, 5.74) is 2.61. The number of ether oxygens (including phenoxy) is 1. The number of alkyl carbamates (subject to hydrolysis) is 1. The number of carbonyl (C=O) groups is 1. The molecule has 0 fully saturated rings. The molecule has 0 saturated heterocycles. The molecule has 3 rings (SSSR count). The number of pyridine rings is 1. The molecule has 1 aromatic carbocycles. The van der Waals surface area contributed by atoms with Crippen LogP contribution in [0.15, 0.2) is 59.7 Å². The molecular weight excluding hydrogens is 394 g/mol. The average Bonchev–Trinajstić information content (AvgIpc) is 2.71. The Morgan fingerprint density at radius 1 is 1.13 bits per heavy atom. The monoisotopic (exact) mass is 421 g/mol. The number of amides is 1. The molecule has 8 nitrogen and oxygen atoms in total. The third-order valence-electron chi connectivity index (χ3n) is 4.31. The molecule has 0 radical (unpaired) electrons. The molecule has 1 amide bonds. The lowest BCUT2D eigenvalue weighted by atomic mass is 10.1. The van der Waals surface area contributed by atoms with Crippen LogP contribution in [-0.2, 0) is 17.8 Å². The average molecular weight is 422 g/mol. The lowest BCUT2D eigenvalue weighted by Gasteiger charge is -2.20. The fourth-order valence-electron chi connectivity index (χ4n) is 2.97. The minimum Gasteiger partial charge on any atom is -0.444 e. The Labute approximate surface area is 181 Å². The number of aromatic nitrogens is 3. The van der Waals surface area contributed by atoms with Crippen LogP contribution < -0.4 is 15.8 Å². The van der Waals surface area contributed by atoms with Crippen LogP contribution in [0, 0.1) is 0 Å². The Kier molecular flexibility index (Phi) is 6.69. The van der Waals surface area contributed by atoms with E-state index in [1.165, 1.54) is 6.07 Å². The highest BCUT2D eigenvalue weighted by Crippen LogP contribution is 2.17. The van der Waals surface area contributed by atoms with Crippen LogP contribution in [0.2, 0.25) is 0 Å². The van der Waals surface area contributed by atoms with Gasteiger partial charge >= 0.3 is 6.09 Å². The number of hydrogen-bond donors (Lipinski definition) is 2. The molecule has 0 spiro atoms. The summed E-state index contributed by atoms with van der Waals surface area (Å²) in [6, 6.07) is 12.9. The summed E-state index contributed by atoms with van der Waals surface area (Å²) in [7, 11) is 1.86. The third kappa shape index (κ3) is 6.67. The molecule has 0 aliphatic rings. The number of nitrogens with zero attached hydrogens (tertiary/aromatic N) is 3. The highest BCUT2D eigenvalue weighted by atomic mass is 16.6. The molecule has 8 heteroatoms. The van der Waals surface area contributed by atoms with Crippen molar-refractivity contribution in [3.8, 4) is 11.3 Å². The predicted octanol–water partition coefficient (Wildman–Crippen LogP) is 3.49. The van der Waals surface area contributed by atoms with E-state index in [0.29, 0.717) is 24.7 Å². The van der Waals surface area contributed by atoms with Gasteiger partial charge in [-0.15, -0.1) is 0 Å². The second-order valence-electron chi connectivity index (χ2n) is 8.22. The molecular formula is C23H27N5O3. The molecule has 0 aliphatic carbocycles. The van der Waals surface area contributed by atoms with Gasteiger partial charge in [-0.2, -0.15) is 0 Å². The van der Waals surface area contributed by atoms with Gasteiger partial charge in [-0.1, -0.05) is 24.3 Å². The first-order valence-corrected chi connectivity index (χ1v) is 9.97. The summed E-state index contributed by atoms with van der Waals surface area (Å²) in [6.07, 6.45) is 2.88. The van der Waals surface area contributed by atoms with Gasteiger partial charge in [0.25, 0.3) is 5.56 Å². The van der Waals surface area contributed by atoms with Crippen LogP contribution >= 0.6 is 0 Å². The van der Waals surface area contributed by atoms with Crippen LogP contribution in [0.4, 0.5) is 10.7 Å². The molecule has 2 heterocycles. The Balaban J connectivity index is 1.69. The number of aromatic amines is 1. The maximum atomic E-state index is 12.2. The van der Waals surface area contributed by atoms with Gasteiger partial charge in [-0.05, 0) is 44.0 Å². The smallest absolute Gasteiger partial charge is 0.407 e. The lowest BCUT2D eigenvalue weighted by molar-refractivity contribution is 0.0523. The van der Waals surface area contributed by atoms with Gasteiger partial charge in [-0.3, -0.25) is 14.8 Å². The van der Waals surface area contributed by atoms with E-state index in [1.807, 2.05) is 69.1 Å². The topological polar surface area (TPSA) is 100 Å². The fourth-order valence-corrected chi connectivity index (χ4v) is 2.97. The molecule has 0 atom stereocenters. The Morgan fingerprint density at radius 2 is 1.84 bits per heavy atom. The van der Waals surface area contributed by atoms with Gasteiger partial charge in [0.15, 0.2) is 0 Å². The summed E-state index contributed by atoms with van der Waals surface area (Å²) < 4.78 is 5.27. The van der Waals surface area contributed by atoms with Gasteiger partial charge < -0.3 is 15.0 Å². The van der Waals surface area contributed by atoms with E-state index < -0.39 is 11.7 Å². The first-order valence-electron chi connectivity index (χ1n) is 9.97. The summed E-state index contributed by atoms with van der Waals surface area (Å²) in [6.45, 7) is 6.36. The van der Waals surface area contributed by atoms with Crippen LogP contribution in [0.5, 0.6) is 0 Å². The van der Waals surface area contributed by atoms with Crippen molar-refractivity contribution in [2.75, 3.05) is 11.9 Å². The van der Waals surface area contributed by atoms with Crippen molar-refractivity contribution in [2.45, 2.75) is 39.5 Å². The Morgan fingerprint density at radius 3 is 2.55 bits per heavy atom. The highest BCUT2D eigenvalue weighted by molar-refractivity contribution is 5.67. The first-order chi connectivity index (χ1) is 14.7. The molecule has 0 unspecified atom stereocenters. The molecule has 162 valence electrons. The number of nitrogens with one attached hydrogen (secondary N) is 2. The second-order valence-corrected chi connectivity index (χ2v) is 8.22. The maximum Gasteiger partial charge on any atom is 0.407 e. The Bertz CT molecular complexity index is 1090. The van der Waals surface area contributed by atoms with E-state index in [2.05, 4.69) is 20.3 Å². The van der Waals surface area contributed by atoms with E-state index >= 15 is 0 Å². The highest BCUT2D eigenvalue weighted by Gasteiger charge is 2.15. The van der Waals surface area contributed by atoms with Crippen molar-refractivity contribution < 1.29 is 9.53 Å². The van der Waals surface area contributed by atoms with Crippen molar-refractivity contribution >= 4 is 12.0 Å². The fraction of sp³-hybridized carbons (Fsp3) is 0.304. The molecule has 0 bridgehead atoms. The molecule has 31 heavy (non-hydrogen) atoms. The van der Waals surface area contributed by atoms with Gasteiger partial charge in [-0.25, -0.2) is 9.78 Å². The zero-order chi connectivity index (χ0) is 22.4. The normalized spacial score (nSPS) is 11.1. The Hall–Kier alpha value is -3.68. The molecule has 0 saturated carbocycles. The summed E-state index contributed by atoms with van der Waals surface area (Å²) in [4.78, 5) is 37.3. The summed E-state index contributed by atoms with van der Waals surface area (Å²) >= 11 is 0. The van der Waals surface area contributed by atoms with E-state index in [0.717, 1.165) is 16.7 Å². The second kappa shape index (κ2) is 9.42. The van der Waals surface area contributed by atoms with E-state index in [4.69, 9.17) is 4.74 Å². The maximum absolute atomic E-state index is 12.2. The van der Waals surface area contributed by atoms with Crippen molar-refractivity contribution in [3.63, 3.8) is 0 Å². The predicted molar refractivity (Wildman–Crippen MR) is 120 cm³/mol. The summed E-state index contributed by atoms with van der Waals surface area (Å²) in [5.74, 6) is 0.469. The number of rotatable bonds is 6. The zero-order valence-corrected chi connectivity index (χ0v) is 18.2. The third-order valence-corrected chi connectivity index (χ3v) is 4.31. The molecule has 2 N–H and O–H groups in total. The zero-order valence-electron chi connectivity index (χ0n) is 18.2. The van der Waals surface area contributed by atoms with Crippen molar-refractivity contribution in [2.24, 2.45) is 0 Å². The van der Waals surface area contributed by atoms with Gasteiger partial charge in [0, 0.05) is 44.2 Å². The molecule has 2 aromatic heterocycles. The van der Waals surface area contributed by atoms with Crippen LogP contribution in [0.1, 0.15) is 31.9 Å². The van der Waals surface area contributed by atoms with Crippen molar-refractivity contribution in [3.05, 3.63) is 76.3 Å². The summed E-state index contributed by atoms with van der Waals surface area (Å²) in [5, 5.41) is 2.76. The number of benzene rings is 1. The van der Waals surface area contributed by atoms with Crippen LogP contribution in [0.3, 0.4) is 0 Å². The van der Waals surface area contributed by atoms with Gasteiger partial charge in [0.05, 0.1) is 5.69 Å². The standard InChI is InChI=1S/C23H27N5O3/c1-23(2,3)31-22(30)25-14-16-6-5-7-17(12-16)15-28(4)21-26-19(13-20(29)27-21)18-8-10-24-11-9-18/h5-13H,14-15H2,1-4H3,(H,25,30)(H,26,27,29). The lowest BCUT2D eigenvalue weighted by Crippen LogP contribution is -2.32. The largest absolute Gasteiger partial charge is 0.444 e. The quantitative estimate of drug-likeness (QED) is 0.632. The van der Waals surface area contributed by atoms with Crippen LogP contribution in [-0.4, -0.2) is 33.7 Å². The van der Waals surface area contributed by atoms with Gasteiger partial charge in [0.2, 0.25) is 5.95 Å². The minimum atomic E-state index is -0.538. The van der Waals surface area contributed by atoms with Crippen molar-refractivity contribution in [1.82, 2.24) is 20.3 Å². The number of H-pyrrole nitrogens is 1. The van der Waals surface area contributed by atoms with E-state index in [9.17, 15) is 9.59 Å². The van der Waals surface area contributed by atoms with Gasteiger partial charge in [0.1, 0.15) is 5.60 Å². The number of hydrogen-bond acceptors (Lipinski definition) is 6. The SMILES string of the molecule is CN(Cc1cccc(CNC(=O)OC(C)(C)C)c1)c1nc(-c2ccncc2)cc(=O)[nH]1. The van der Waals surface area contributed by atoms with E-state index in [-0.39, 0.29) is 5.56 Å².